The number of benzene rings is 2. The number of hydrogen-bond donors (Lipinski definition) is 0. The summed E-state index contributed by atoms with van der Waals surface area (Å²) in [5.74, 6) is 1.15. The van der Waals surface area contributed by atoms with Crippen molar-refractivity contribution in [2.75, 3.05) is 0 Å². The van der Waals surface area contributed by atoms with E-state index in [1.54, 1.807) is 48.5 Å². The first-order chi connectivity index (χ1) is 9.15. The fourth-order valence-electron chi connectivity index (χ4n) is 1.46. The van der Waals surface area contributed by atoms with Crippen LogP contribution in [0.3, 0.4) is 0 Å². The molecule has 0 aromatic heterocycles. The van der Waals surface area contributed by atoms with E-state index in [0.29, 0.717) is 21.5 Å². The Balaban J connectivity index is 1.70. The molecule has 1 aliphatic heterocycles. The van der Waals surface area contributed by atoms with Gasteiger partial charge in [-0.3, -0.25) is 0 Å². The molecule has 0 aliphatic carbocycles. The lowest BCUT2D eigenvalue weighted by atomic mass is 10.3. The maximum atomic E-state index is 5.80. The quantitative estimate of drug-likeness (QED) is 0.778. The Morgan fingerprint density at radius 2 is 1.05 bits per heavy atom. The van der Waals surface area contributed by atoms with Gasteiger partial charge in [-0.15, -0.1) is 0 Å². The second kappa shape index (κ2) is 4.72. The fraction of sp³-hybridized carbons (Fsp3) is 0.0769. The van der Waals surface area contributed by atoms with Crippen LogP contribution in [0.25, 0.3) is 0 Å². The zero-order valence-corrected chi connectivity index (χ0v) is 11.1. The lowest BCUT2D eigenvalue weighted by Gasteiger charge is -2.14. The highest BCUT2D eigenvalue weighted by molar-refractivity contribution is 6.30. The molecule has 1 heterocycles. The topological polar surface area (TPSA) is 43.2 Å². The molecule has 19 heavy (non-hydrogen) atoms. The summed E-state index contributed by atoms with van der Waals surface area (Å²) >= 11 is 11.6. The molecule has 2 aromatic carbocycles. The Morgan fingerprint density at radius 1 is 0.684 bits per heavy atom. The van der Waals surface area contributed by atoms with Crippen molar-refractivity contribution in [3.05, 3.63) is 58.6 Å². The molecule has 0 saturated heterocycles. The van der Waals surface area contributed by atoms with Gasteiger partial charge in [-0.25, -0.2) is 0 Å². The van der Waals surface area contributed by atoms with Gasteiger partial charge < -0.3 is 9.47 Å². The number of halogens is 2. The van der Waals surface area contributed by atoms with Crippen molar-refractivity contribution < 1.29 is 9.47 Å². The Bertz CT molecular complexity index is 556. The predicted octanol–water partition coefficient (Wildman–Crippen LogP) is 4.53. The molecule has 0 radical (unpaired) electrons. The van der Waals surface area contributed by atoms with Gasteiger partial charge >= 0.3 is 6.03 Å². The van der Waals surface area contributed by atoms with Crippen LogP contribution in [-0.4, -0.2) is 6.03 Å². The third-order valence-corrected chi connectivity index (χ3v) is 2.90. The van der Waals surface area contributed by atoms with Crippen LogP contribution >= 0.6 is 23.2 Å². The van der Waals surface area contributed by atoms with Gasteiger partial charge in [0, 0.05) is 10.0 Å². The predicted molar refractivity (Wildman–Crippen MR) is 71.7 cm³/mol. The summed E-state index contributed by atoms with van der Waals surface area (Å²) in [4.78, 5) is 0. The molecule has 0 atom stereocenters. The Labute approximate surface area is 119 Å². The molecular weight excluding hydrogens is 287 g/mol. The molecule has 0 saturated carbocycles. The van der Waals surface area contributed by atoms with Crippen LogP contribution in [0.5, 0.6) is 11.5 Å². The van der Waals surface area contributed by atoms with Crippen molar-refractivity contribution in [1.29, 1.82) is 0 Å². The molecule has 1 aliphatic rings. The van der Waals surface area contributed by atoms with Crippen LogP contribution in [0.1, 0.15) is 0 Å². The van der Waals surface area contributed by atoms with Gasteiger partial charge in [0.25, 0.3) is 0 Å². The van der Waals surface area contributed by atoms with Crippen LogP contribution in [-0.2, 0) is 0 Å². The summed E-state index contributed by atoms with van der Waals surface area (Å²) in [5.41, 5.74) is 0. The van der Waals surface area contributed by atoms with Crippen molar-refractivity contribution in [2.24, 2.45) is 10.2 Å². The molecule has 0 N–H and O–H groups in total. The minimum absolute atomic E-state index is 0.573. The maximum Gasteiger partial charge on any atom is 0.506 e. The Morgan fingerprint density at radius 3 is 1.37 bits per heavy atom. The van der Waals surface area contributed by atoms with Crippen molar-refractivity contribution in [3.63, 3.8) is 0 Å². The number of rotatable bonds is 4. The van der Waals surface area contributed by atoms with Gasteiger partial charge in [-0.05, 0) is 48.5 Å². The SMILES string of the molecule is Clc1ccc(OC2(Oc3ccc(Cl)cc3)N=N2)cc1. The summed E-state index contributed by atoms with van der Waals surface area (Å²) in [5, 5.41) is 8.83. The average molecular weight is 295 g/mol. The standard InChI is InChI=1S/C13H8Cl2N2O2/c14-9-1-5-11(6-2-9)18-13(16-17-13)19-12-7-3-10(15)4-8-12/h1-8H. The van der Waals surface area contributed by atoms with E-state index < -0.39 is 6.03 Å². The minimum Gasteiger partial charge on any atom is -0.413 e. The third-order valence-electron chi connectivity index (χ3n) is 2.39. The van der Waals surface area contributed by atoms with E-state index in [2.05, 4.69) is 10.2 Å². The normalized spacial score (nSPS) is 15.1. The van der Waals surface area contributed by atoms with Gasteiger partial charge in [0.15, 0.2) is 0 Å². The molecule has 6 heteroatoms. The van der Waals surface area contributed by atoms with Crippen LogP contribution in [0, 0.1) is 0 Å². The summed E-state index contributed by atoms with van der Waals surface area (Å²) in [6.45, 7) is 0. The van der Waals surface area contributed by atoms with E-state index in [4.69, 9.17) is 32.7 Å². The van der Waals surface area contributed by atoms with Crippen molar-refractivity contribution in [2.45, 2.75) is 6.03 Å². The second-order valence-electron chi connectivity index (χ2n) is 3.86. The Hall–Kier alpha value is -1.78. The van der Waals surface area contributed by atoms with Crippen LogP contribution in [0.15, 0.2) is 58.8 Å². The zero-order chi connectivity index (χ0) is 13.3. The van der Waals surface area contributed by atoms with Gasteiger partial charge in [0.1, 0.15) is 11.5 Å². The van der Waals surface area contributed by atoms with Crippen molar-refractivity contribution >= 4 is 23.2 Å². The van der Waals surface area contributed by atoms with Gasteiger partial charge in [0.2, 0.25) is 0 Å². The zero-order valence-electron chi connectivity index (χ0n) is 9.59. The van der Waals surface area contributed by atoms with Gasteiger partial charge in [-0.2, -0.15) is 0 Å². The highest BCUT2D eigenvalue weighted by atomic mass is 35.5. The molecule has 3 rings (SSSR count). The van der Waals surface area contributed by atoms with Crippen molar-refractivity contribution in [3.8, 4) is 11.5 Å². The van der Waals surface area contributed by atoms with E-state index in [0.717, 1.165) is 0 Å². The van der Waals surface area contributed by atoms with E-state index >= 15 is 0 Å². The van der Waals surface area contributed by atoms with Crippen LogP contribution < -0.4 is 9.47 Å². The van der Waals surface area contributed by atoms with Gasteiger partial charge in [0.05, 0.1) is 0 Å². The summed E-state index contributed by atoms with van der Waals surface area (Å²) in [6.07, 6.45) is 0. The smallest absolute Gasteiger partial charge is 0.413 e. The molecule has 0 spiro atoms. The number of nitrogens with zero attached hydrogens (tertiary/aromatic N) is 2. The fourth-order valence-corrected chi connectivity index (χ4v) is 1.71. The van der Waals surface area contributed by atoms with E-state index in [-0.39, 0.29) is 0 Å². The monoisotopic (exact) mass is 294 g/mol. The second-order valence-corrected chi connectivity index (χ2v) is 4.73. The molecule has 4 nitrogen and oxygen atoms in total. The lowest BCUT2D eigenvalue weighted by Crippen LogP contribution is -2.27. The highest BCUT2D eigenvalue weighted by Gasteiger charge is 2.47. The molecule has 0 unspecified atom stereocenters. The molecular formula is C13H8Cl2N2O2. The van der Waals surface area contributed by atoms with Crippen LogP contribution in [0.2, 0.25) is 10.0 Å². The molecule has 0 bridgehead atoms. The lowest BCUT2D eigenvalue weighted by molar-refractivity contribution is -0.0387. The summed E-state index contributed by atoms with van der Waals surface area (Å²) in [6, 6.07) is 12.5. The minimum atomic E-state index is -1.29. The molecule has 96 valence electrons. The van der Waals surface area contributed by atoms with Crippen molar-refractivity contribution in [1.82, 2.24) is 0 Å². The molecule has 0 amide bonds. The van der Waals surface area contributed by atoms with Gasteiger partial charge in [-0.1, -0.05) is 33.4 Å². The first kappa shape index (κ1) is 12.3. The van der Waals surface area contributed by atoms with E-state index in [9.17, 15) is 0 Å². The molecule has 0 fully saturated rings. The first-order valence-corrected chi connectivity index (χ1v) is 6.24. The Kier molecular flexibility index (Phi) is 3.05. The van der Waals surface area contributed by atoms with E-state index in [1.165, 1.54) is 0 Å². The number of hydrogen-bond acceptors (Lipinski definition) is 4. The highest BCUT2D eigenvalue weighted by Crippen LogP contribution is 2.34. The number of ether oxygens (including phenoxy) is 2. The summed E-state index contributed by atoms with van der Waals surface area (Å²) < 4.78 is 11.1. The first-order valence-electron chi connectivity index (χ1n) is 5.48. The van der Waals surface area contributed by atoms with E-state index in [1.807, 2.05) is 0 Å². The largest absolute Gasteiger partial charge is 0.506 e. The average Bonchev–Trinajstić information content (AvgIpc) is 3.15. The summed E-state index contributed by atoms with van der Waals surface area (Å²) in [7, 11) is 0. The maximum absolute atomic E-state index is 5.80. The van der Waals surface area contributed by atoms with Crippen LogP contribution in [0.4, 0.5) is 0 Å². The third kappa shape index (κ3) is 2.97. The molecule has 2 aromatic rings.